The predicted octanol–water partition coefficient (Wildman–Crippen LogP) is 3.75. The highest BCUT2D eigenvalue weighted by atomic mass is 16.2. The first-order chi connectivity index (χ1) is 12.5. The maximum absolute atomic E-state index is 12.7. The van der Waals surface area contributed by atoms with Crippen molar-refractivity contribution < 1.29 is 14.4 Å². The van der Waals surface area contributed by atoms with Crippen molar-refractivity contribution in [2.75, 3.05) is 5.01 Å². The number of hydrogen-bond donors (Lipinski definition) is 1. The zero-order valence-electron chi connectivity index (χ0n) is 15.9. The van der Waals surface area contributed by atoms with Gasteiger partial charge in [-0.1, -0.05) is 51.5 Å². The van der Waals surface area contributed by atoms with E-state index in [1.54, 1.807) is 30.3 Å². The number of allylic oxidation sites excluding steroid dienone is 1. The molecule has 0 heterocycles. The Morgan fingerprint density at radius 1 is 0.962 bits per heavy atom. The molecule has 0 atom stereocenters. The number of amides is 3. The zero-order valence-corrected chi connectivity index (χ0v) is 15.9. The Kier molecular flexibility index (Phi) is 9.75. The lowest BCUT2D eigenvalue weighted by Gasteiger charge is -2.33. The molecular formula is C20H29N3O3. The number of carbonyl (C=O) groups excluding carboxylic acids is 3. The summed E-state index contributed by atoms with van der Waals surface area (Å²) >= 11 is 0. The molecule has 6 heteroatoms. The smallest absolute Gasteiger partial charge is 0.273 e. The lowest BCUT2D eigenvalue weighted by molar-refractivity contribution is -0.142. The van der Waals surface area contributed by atoms with E-state index in [-0.39, 0.29) is 24.7 Å². The molecule has 0 unspecified atom stereocenters. The first-order valence-electron chi connectivity index (χ1n) is 9.23. The molecule has 0 radical (unpaired) electrons. The van der Waals surface area contributed by atoms with E-state index >= 15 is 0 Å². The molecule has 0 spiro atoms. The van der Waals surface area contributed by atoms with Gasteiger partial charge in [0.05, 0.1) is 5.69 Å². The molecule has 3 amide bonds. The van der Waals surface area contributed by atoms with Crippen LogP contribution in [0.3, 0.4) is 0 Å². The Balaban J connectivity index is 3.23. The molecule has 26 heavy (non-hydrogen) atoms. The minimum absolute atomic E-state index is 0.257. The van der Waals surface area contributed by atoms with Gasteiger partial charge >= 0.3 is 0 Å². The molecule has 142 valence electrons. The number of para-hydroxylation sites is 1. The quantitative estimate of drug-likeness (QED) is 0.568. The number of benzene rings is 1. The van der Waals surface area contributed by atoms with Crippen molar-refractivity contribution in [3.8, 4) is 0 Å². The average molecular weight is 359 g/mol. The molecule has 0 bridgehead atoms. The van der Waals surface area contributed by atoms with E-state index in [1.165, 1.54) is 11.1 Å². The number of anilines is 1. The average Bonchev–Trinajstić information content (AvgIpc) is 2.62. The number of nitrogens with zero attached hydrogens (tertiary/aromatic N) is 2. The number of carbonyl (C=O) groups is 3. The van der Waals surface area contributed by atoms with E-state index in [1.807, 2.05) is 26.8 Å². The minimum atomic E-state index is -0.462. The minimum Gasteiger partial charge on any atom is -0.273 e. The highest BCUT2D eigenvalue weighted by Gasteiger charge is 2.27. The van der Waals surface area contributed by atoms with Gasteiger partial charge in [-0.25, -0.2) is 5.43 Å². The zero-order chi connectivity index (χ0) is 19.4. The Morgan fingerprint density at radius 3 is 2.19 bits per heavy atom. The van der Waals surface area contributed by atoms with Crippen molar-refractivity contribution >= 4 is 23.4 Å². The van der Waals surface area contributed by atoms with E-state index in [9.17, 15) is 14.4 Å². The van der Waals surface area contributed by atoms with E-state index < -0.39 is 5.91 Å². The van der Waals surface area contributed by atoms with Crippen molar-refractivity contribution in [1.29, 1.82) is 0 Å². The summed E-state index contributed by atoms with van der Waals surface area (Å²) in [4.78, 5) is 37.6. The molecule has 0 aromatic heterocycles. The summed E-state index contributed by atoms with van der Waals surface area (Å²) in [6.45, 7) is 5.78. The summed E-state index contributed by atoms with van der Waals surface area (Å²) in [7, 11) is 0. The maximum atomic E-state index is 12.7. The number of hydrogen-bond acceptors (Lipinski definition) is 3. The normalized spacial score (nSPS) is 10.6. The fourth-order valence-corrected chi connectivity index (χ4v) is 2.29. The van der Waals surface area contributed by atoms with Crippen molar-refractivity contribution in [3.63, 3.8) is 0 Å². The van der Waals surface area contributed by atoms with Crippen LogP contribution in [0.5, 0.6) is 0 Å². The van der Waals surface area contributed by atoms with Gasteiger partial charge in [0.1, 0.15) is 0 Å². The standard InChI is InChI=1S/C20H29N3O3/c1-4-7-9-16-20(26)23(21-18(24)12-5-2)22(19(25)13-6-3)17-14-10-8-11-15-17/h8-11,14-16H,4-7,12-13H2,1-3H3,(H,21,24). The topological polar surface area (TPSA) is 69.7 Å². The summed E-state index contributed by atoms with van der Waals surface area (Å²) in [6.07, 6.45) is 6.61. The van der Waals surface area contributed by atoms with Gasteiger partial charge < -0.3 is 0 Å². The Morgan fingerprint density at radius 2 is 1.62 bits per heavy atom. The molecule has 0 aliphatic rings. The largest absolute Gasteiger partial charge is 0.284 e. The summed E-state index contributed by atoms with van der Waals surface area (Å²) in [5.74, 6) is -1.03. The summed E-state index contributed by atoms with van der Waals surface area (Å²) < 4.78 is 0. The van der Waals surface area contributed by atoms with Crippen LogP contribution in [0.15, 0.2) is 42.5 Å². The van der Waals surface area contributed by atoms with Gasteiger partial charge in [-0.15, -0.1) is 5.12 Å². The Hall–Kier alpha value is -2.63. The first-order valence-corrected chi connectivity index (χ1v) is 9.23. The fraction of sp³-hybridized carbons (Fsp3) is 0.450. The third kappa shape index (κ3) is 6.70. The third-order valence-electron chi connectivity index (χ3n) is 3.53. The lowest BCUT2D eigenvalue weighted by atomic mass is 10.2. The van der Waals surface area contributed by atoms with Crippen LogP contribution in [0.25, 0.3) is 0 Å². The molecule has 0 saturated heterocycles. The van der Waals surface area contributed by atoms with E-state index in [2.05, 4.69) is 5.43 Å². The molecule has 1 rings (SSSR count). The summed E-state index contributed by atoms with van der Waals surface area (Å²) in [6, 6.07) is 8.86. The van der Waals surface area contributed by atoms with Crippen LogP contribution in [0.4, 0.5) is 5.69 Å². The molecular weight excluding hydrogens is 330 g/mol. The first kappa shape index (κ1) is 21.4. The van der Waals surface area contributed by atoms with Gasteiger partial charge in [0.2, 0.25) is 11.8 Å². The Labute approximate surface area is 155 Å². The number of hydrazine groups is 2. The number of nitrogens with one attached hydrogen (secondary N) is 1. The van der Waals surface area contributed by atoms with E-state index in [0.717, 1.165) is 18.0 Å². The van der Waals surface area contributed by atoms with Crippen molar-refractivity contribution in [2.45, 2.75) is 59.3 Å². The highest BCUT2D eigenvalue weighted by Crippen LogP contribution is 2.18. The van der Waals surface area contributed by atoms with Crippen LogP contribution in [0.2, 0.25) is 0 Å². The van der Waals surface area contributed by atoms with Crippen molar-refractivity contribution in [1.82, 2.24) is 10.5 Å². The second-order valence-corrected chi connectivity index (χ2v) is 5.92. The summed E-state index contributed by atoms with van der Waals surface area (Å²) in [5.41, 5.74) is 3.11. The van der Waals surface area contributed by atoms with Crippen LogP contribution in [-0.4, -0.2) is 22.8 Å². The highest BCUT2D eigenvalue weighted by molar-refractivity contribution is 5.99. The van der Waals surface area contributed by atoms with Crippen LogP contribution in [0.1, 0.15) is 59.3 Å². The molecule has 0 saturated carbocycles. The molecule has 0 aliphatic heterocycles. The van der Waals surface area contributed by atoms with Gasteiger partial charge in [0.25, 0.3) is 5.91 Å². The molecule has 6 nitrogen and oxygen atoms in total. The van der Waals surface area contributed by atoms with Crippen LogP contribution < -0.4 is 10.4 Å². The number of rotatable bonds is 8. The second kappa shape index (κ2) is 11.8. The van der Waals surface area contributed by atoms with Gasteiger partial charge in [-0.3, -0.25) is 14.4 Å². The summed E-state index contributed by atoms with van der Waals surface area (Å²) in [5, 5.41) is 2.27. The lowest BCUT2D eigenvalue weighted by Crippen LogP contribution is -2.58. The van der Waals surface area contributed by atoms with Gasteiger partial charge in [0.15, 0.2) is 0 Å². The van der Waals surface area contributed by atoms with Gasteiger partial charge in [0, 0.05) is 18.9 Å². The SMILES string of the molecule is CCCC=CC(=O)N(NC(=O)CCC)N(C(=O)CCC)c1ccccc1. The van der Waals surface area contributed by atoms with Crippen LogP contribution in [-0.2, 0) is 14.4 Å². The fourth-order valence-electron chi connectivity index (χ4n) is 2.29. The molecule has 1 N–H and O–H groups in total. The van der Waals surface area contributed by atoms with E-state index in [0.29, 0.717) is 18.5 Å². The van der Waals surface area contributed by atoms with Gasteiger partial charge in [-0.2, -0.15) is 5.01 Å². The van der Waals surface area contributed by atoms with Gasteiger partial charge in [-0.05, 0) is 31.4 Å². The molecule has 1 aromatic rings. The monoisotopic (exact) mass is 359 g/mol. The molecule has 1 aromatic carbocycles. The van der Waals surface area contributed by atoms with Crippen molar-refractivity contribution in [3.05, 3.63) is 42.5 Å². The molecule has 0 fully saturated rings. The van der Waals surface area contributed by atoms with Crippen LogP contribution >= 0.6 is 0 Å². The third-order valence-corrected chi connectivity index (χ3v) is 3.53. The molecule has 0 aliphatic carbocycles. The van der Waals surface area contributed by atoms with Crippen molar-refractivity contribution in [2.24, 2.45) is 0 Å². The maximum Gasteiger partial charge on any atom is 0.284 e. The van der Waals surface area contributed by atoms with E-state index in [4.69, 9.17) is 0 Å². The second-order valence-electron chi connectivity index (χ2n) is 5.92. The van der Waals surface area contributed by atoms with Crippen LogP contribution in [0, 0.1) is 0 Å². The predicted molar refractivity (Wildman–Crippen MR) is 103 cm³/mol. The Bertz CT molecular complexity index is 614. The number of unbranched alkanes of at least 4 members (excludes halogenated alkanes) is 1.